The normalized spacial score (nSPS) is 20.5. The molecule has 1 aromatic carbocycles. The zero-order valence-electron chi connectivity index (χ0n) is 12.6. The highest BCUT2D eigenvalue weighted by Crippen LogP contribution is 2.39. The van der Waals surface area contributed by atoms with Gasteiger partial charge in [0.25, 0.3) is 0 Å². The monoisotopic (exact) mass is 360 g/mol. The fraction of sp³-hybridized carbons (Fsp3) is 0.625. The molecule has 1 aromatic rings. The summed E-state index contributed by atoms with van der Waals surface area (Å²) in [6, 6.07) is 2.58. The lowest BCUT2D eigenvalue weighted by molar-refractivity contribution is 0.160. The molecule has 1 atom stereocenters. The Morgan fingerprint density at radius 2 is 1.95 bits per heavy atom. The molecule has 21 heavy (non-hydrogen) atoms. The molecule has 5 heteroatoms. The van der Waals surface area contributed by atoms with Gasteiger partial charge in [-0.15, -0.1) is 0 Å². The number of nitrogens with two attached hydrogens (primary N) is 1. The van der Waals surface area contributed by atoms with Gasteiger partial charge in [-0.2, -0.15) is 0 Å². The Morgan fingerprint density at radius 3 is 2.52 bits per heavy atom. The van der Waals surface area contributed by atoms with Crippen molar-refractivity contribution in [3.8, 4) is 0 Å². The molecule has 0 bridgehead atoms. The van der Waals surface area contributed by atoms with E-state index in [0.29, 0.717) is 15.8 Å². The second kappa shape index (κ2) is 6.71. The van der Waals surface area contributed by atoms with E-state index in [4.69, 9.17) is 5.84 Å². The summed E-state index contributed by atoms with van der Waals surface area (Å²) in [7, 11) is 0. The molecule has 0 aromatic heterocycles. The van der Waals surface area contributed by atoms with E-state index in [1.54, 1.807) is 0 Å². The number of hydrazine groups is 1. The summed E-state index contributed by atoms with van der Waals surface area (Å²) in [5.74, 6) is 4.98. The summed E-state index contributed by atoms with van der Waals surface area (Å²) in [5, 5.41) is 0. The zero-order chi connectivity index (χ0) is 15.6. The van der Waals surface area contributed by atoms with Crippen LogP contribution in [0.25, 0.3) is 0 Å². The quantitative estimate of drug-likeness (QED) is 0.476. The maximum Gasteiger partial charge on any atom is 0.143 e. The molecule has 1 aliphatic carbocycles. The smallest absolute Gasteiger partial charge is 0.143 e. The van der Waals surface area contributed by atoms with E-state index in [9.17, 15) is 8.78 Å². The molecule has 0 amide bonds. The molecular weight excluding hydrogens is 338 g/mol. The van der Waals surface area contributed by atoms with Gasteiger partial charge in [0.1, 0.15) is 11.6 Å². The van der Waals surface area contributed by atoms with Gasteiger partial charge in [-0.05, 0) is 71.5 Å². The summed E-state index contributed by atoms with van der Waals surface area (Å²) in [6.07, 6.45) is 4.61. The molecule has 0 spiro atoms. The summed E-state index contributed by atoms with van der Waals surface area (Å²) >= 11 is 3.11. The maximum absolute atomic E-state index is 14.1. The molecular formula is C16H23BrF2N2. The Balaban J connectivity index is 2.12. The zero-order valence-corrected chi connectivity index (χ0v) is 14.1. The van der Waals surface area contributed by atoms with Crippen LogP contribution in [0, 0.1) is 23.0 Å². The van der Waals surface area contributed by atoms with Crippen LogP contribution in [0.4, 0.5) is 8.78 Å². The van der Waals surface area contributed by atoms with Crippen LogP contribution in [0.2, 0.25) is 0 Å². The van der Waals surface area contributed by atoms with E-state index in [0.717, 1.165) is 25.7 Å². The van der Waals surface area contributed by atoms with Gasteiger partial charge in [0.05, 0.1) is 4.47 Å². The Hall–Kier alpha value is -0.520. The SMILES string of the molecule is CC1(C)CCC(C(Cc2c(F)ccc(Br)c2F)NN)CC1. The molecule has 0 heterocycles. The van der Waals surface area contributed by atoms with Crippen molar-refractivity contribution >= 4 is 15.9 Å². The second-order valence-electron chi connectivity index (χ2n) is 6.80. The fourth-order valence-corrected chi connectivity index (χ4v) is 3.53. The lowest BCUT2D eigenvalue weighted by Gasteiger charge is -2.38. The van der Waals surface area contributed by atoms with Crippen molar-refractivity contribution in [2.24, 2.45) is 17.2 Å². The van der Waals surface area contributed by atoms with Gasteiger partial charge < -0.3 is 0 Å². The van der Waals surface area contributed by atoms with Crippen LogP contribution in [0.3, 0.4) is 0 Å². The first kappa shape index (κ1) is 16.8. The summed E-state index contributed by atoms with van der Waals surface area (Å²) < 4.78 is 28.3. The van der Waals surface area contributed by atoms with Crippen LogP contribution in [-0.2, 0) is 6.42 Å². The molecule has 118 valence electrons. The predicted octanol–water partition coefficient (Wildman–Crippen LogP) is 4.32. The van der Waals surface area contributed by atoms with E-state index >= 15 is 0 Å². The summed E-state index contributed by atoms with van der Waals surface area (Å²) in [5.41, 5.74) is 3.24. The van der Waals surface area contributed by atoms with Gasteiger partial charge in [-0.25, -0.2) is 8.78 Å². The number of hydrogen-bond acceptors (Lipinski definition) is 2. The predicted molar refractivity (Wildman–Crippen MR) is 84.6 cm³/mol. The van der Waals surface area contributed by atoms with Gasteiger partial charge >= 0.3 is 0 Å². The standard InChI is InChI=1S/C16H23BrF2N2/c1-16(2)7-5-10(6-8-16)14(21-20)9-11-13(18)4-3-12(17)15(11)19/h3-4,10,14,21H,5-9,20H2,1-2H3. The number of halogens is 3. The molecule has 2 rings (SSSR count). The van der Waals surface area contributed by atoms with Crippen LogP contribution in [-0.4, -0.2) is 6.04 Å². The highest BCUT2D eigenvalue weighted by atomic mass is 79.9. The van der Waals surface area contributed by atoms with E-state index in [1.165, 1.54) is 12.1 Å². The lowest BCUT2D eigenvalue weighted by atomic mass is 9.70. The fourth-order valence-electron chi connectivity index (χ4n) is 3.16. The second-order valence-corrected chi connectivity index (χ2v) is 7.66. The van der Waals surface area contributed by atoms with Gasteiger partial charge in [-0.3, -0.25) is 11.3 Å². The summed E-state index contributed by atoms with van der Waals surface area (Å²) in [6.45, 7) is 4.53. The van der Waals surface area contributed by atoms with Crippen LogP contribution >= 0.6 is 15.9 Å². The van der Waals surface area contributed by atoms with Crippen LogP contribution in [0.1, 0.15) is 45.1 Å². The Labute approximate surface area is 133 Å². The third-order valence-electron chi connectivity index (χ3n) is 4.73. The largest absolute Gasteiger partial charge is 0.271 e. The number of benzene rings is 1. The van der Waals surface area contributed by atoms with Crippen molar-refractivity contribution in [3.05, 3.63) is 33.8 Å². The number of rotatable bonds is 4. The van der Waals surface area contributed by atoms with Gasteiger partial charge in [0, 0.05) is 11.6 Å². The Kier molecular flexibility index (Phi) is 5.38. The molecule has 3 N–H and O–H groups in total. The minimum absolute atomic E-state index is 0.0978. The average molecular weight is 361 g/mol. The first-order valence-electron chi connectivity index (χ1n) is 7.42. The molecule has 1 aliphatic rings. The van der Waals surface area contributed by atoms with Gasteiger partial charge in [0.15, 0.2) is 0 Å². The van der Waals surface area contributed by atoms with Gasteiger partial charge in [0.2, 0.25) is 0 Å². The first-order valence-corrected chi connectivity index (χ1v) is 8.22. The molecule has 1 fully saturated rings. The molecule has 2 nitrogen and oxygen atoms in total. The van der Waals surface area contributed by atoms with Gasteiger partial charge in [-0.1, -0.05) is 13.8 Å². The van der Waals surface area contributed by atoms with Crippen molar-refractivity contribution in [1.82, 2.24) is 5.43 Å². The first-order chi connectivity index (χ1) is 9.84. The number of nitrogens with one attached hydrogen (secondary N) is 1. The van der Waals surface area contributed by atoms with E-state index < -0.39 is 11.6 Å². The third-order valence-corrected chi connectivity index (χ3v) is 5.34. The van der Waals surface area contributed by atoms with Crippen LogP contribution < -0.4 is 11.3 Å². The molecule has 0 radical (unpaired) electrons. The van der Waals surface area contributed by atoms with Crippen molar-refractivity contribution < 1.29 is 8.78 Å². The highest BCUT2D eigenvalue weighted by molar-refractivity contribution is 9.10. The van der Waals surface area contributed by atoms with Crippen molar-refractivity contribution in [3.63, 3.8) is 0 Å². The average Bonchev–Trinajstić information content (AvgIpc) is 2.44. The van der Waals surface area contributed by atoms with Crippen LogP contribution in [0.5, 0.6) is 0 Å². The highest BCUT2D eigenvalue weighted by Gasteiger charge is 2.32. The topological polar surface area (TPSA) is 38.0 Å². The van der Waals surface area contributed by atoms with Crippen molar-refractivity contribution in [2.75, 3.05) is 0 Å². The van der Waals surface area contributed by atoms with E-state index in [-0.39, 0.29) is 18.0 Å². The van der Waals surface area contributed by atoms with Crippen LogP contribution in [0.15, 0.2) is 16.6 Å². The Bertz CT molecular complexity index is 495. The van der Waals surface area contributed by atoms with E-state index in [1.807, 2.05) is 0 Å². The lowest BCUT2D eigenvalue weighted by Crippen LogP contribution is -2.44. The molecule has 1 saturated carbocycles. The minimum Gasteiger partial charge on any atom is -0.271 e. The molecule has 1 unspecified atom stereocenters. The minimum atomic E-state index is -0.522. The molecule has 0 aliphatic heterocycles. The number of hydrogen-bond donors (Lipinski definition) is 2. The third kappa shape index (κ3) is 4.02. The van der Waals surface area contributed by atoms with Crippen molar-refractivity contribution in [2.45, 2.75) is 52.0 Å². The maximum atomic E-state index is 14.1. The Morgan fingerprint density at radius 1 is 1.33 bits per heavy atom. The molecule has 0 saturated heterocycles. The van der Waals surface area contributed by atoms with E-state index in [2.05, 4.69) is 35.2 Å². The summed E-state index contributed by atoms with van der Waals surface area (Å²) in [4.78, 5) is 0. The van der Waals surface area contributed by atoms with Crippen molar-refractivity contribution in [1.29, 1.82) is 0 Å².